The van der Waals surface area contributed by atoms with Crippen molar-refractivity contribution in [1.82, 2.24) is 5.32 Å². The Balaban J connectivity index is 1.71. The zero-order chi connectivity index (χ0) is 14.4. The molecule has 3 N–H and O–H groups in total. The van der Waals surface area contributed by atoms with E-state index in [0.29, 0.717) is 12.3 Å². The second-order valence-electron chi connectivity index (χ2n) is 6.17. The Morgan fingerprint density at radius 3 is 2.55 bits per heavy atom. The van der Waals surface area contributed by atoms with Gasteiger partial charge in [-0.2, -0.15) is 0 Å². The van der Waals surface area contributed by atoms with E-state index in [4.69, 9.17) is 5.73 Å². The highest BCUT2D eigenvalue weighted by Crippen LogP contribution is 2.27. The van der Waals surface area contributed by atoms with Gasteiger partial charge in [0.25, 0.3) is 0 Å². The topological polar surface area (TPSA) is 55.1 Å². The van der Waals surface area contributed by atoms with Gasteiger partial charge in [0.1, 0.15) is 0 Å². The predicted octanol–water partition coefficient (Wildman–Crippen LogP) is 2.50. The lowest BCUT2D eigenvalue weighted by Crippen LogP contribution is -2.44. The molecule has 0 radical (unpaired) electrons. The largest absolute Gasteiger partial charge is 0.354 e. The lowest BCUT2D eigenvalue weighted by Gasteiger charge is -2.26. The van der Waals surface area contributed by atoms with E-state index in [9.17, 15) is 4.79 Å². The van der Waals surface area contributed by atoms with Crippen LogP contribution in [0.4, 0.5) is 0 Å². The van der Waals surface area contributed by atoms with E-state index < -0.39 is 6.04 Å². The van der Waals surface area contributed by atoms with Gasteiger partial charge in [0.15, 0.2) is 0 Å². The van der Waals surface area contributed by atoms with Crippen LogP contribution in [0.2, 0.25) is 0 Å². The van der Waals surface area contributed by atoms with Crippen LogP contribution < -0.4 is 11.1 Å². The molecule has 3 heteroatoms. The summed E-state index contributed by atoms with van der Waals surface area (Å²) < 4.78 is 0. The summed E-state index contributed by atoms with van der Waals surface area (Å²) in [7, 11) is 0. The molecule has 0 bridgehead atoms. The summed E-state index contributed by atoms with van der Waals surface area (Å²) >= 11 is 0. The molecule has 1 amide bonds. The molecule has 3 nitrogen and oxygen atoms in total. The third kappa shape index (κ3) is 4.64. The molecule has 110 valence electrons. The molecule has 0 aromatic heterocycles. The fraction of sp³-hybridized carbons (Fsp3) is 0.588. The molecule has 1 atom stereocenters. The van der Waals surface area contributed by atoms with Gasteiger partial charge in [0.2, 0.25) is 5.91 Å². The monoisotopic (exact) mass is 274 g/mol. The van der Waals surface area contributed by atoms with Crippen molar-refractivity contribution in [1.29, 1.82) is 0 Å². The van der Waals surface area contributed by atoms with Gasteiger partial charge in [-0.1, -0.05) is 50.1 Å². The van der Waals surface area contributed by atoms with Crippen molar-refractivity contribution in [2.75, 3.05) is 6.54 Å². The van der Waals surface area contributed by atoms with Gasteiger partial charge in [0, 0.05) is 6.54 Å². The number of benzene rings is 1. The molecule has 1 aromatic rings. The van der Waals surface area contributed by atoms with Crippen LogP contribution in [-0.2, 0) is 11.2 Å². The fourth-order valence-corrected chi connectivity index (χ4v) is 2.87. The first-order valence-electron chi connectivity index (χ1n) is 7.72. The Morgan fingerprint density at radius 2 is 1.90 bits per heavy atom. The van der Waals surface area contributed by atoms with E-state index in [1.54, 1.807) is 0 Å². The molecule has 0 spiro atoms. The van der Waals surface area contributed by atoms with E-state index in [-0.39, 0.29) is 5.91 Å². The van der Waals surface area contributed by atoms with Crippen molar-refractivity contribution < 1.29 is 4.79 Å². The van der Waals surface area contributed by atoms with E-state index in [0.717, 1.165) is 18.0 Å². The van der Waals surface area contributed by atoms with Crippen molar-refractivity contribution in [3.8, 4) is 0 Å². The Bertz CT molecular complexity index is 410. The molecule has 1 fully saturated rings. The van der Waals surface area contributed by atoms with E-state index in [1.807, 2.05) is 30.3 Å². The summed E-state index contributed by atoms with van der Waals surface area (Å²) in [5.41, 5.74) is 7.09. The molecule has 1 aliphatic rings. The predicted molar refractivity (Wildman–Crippen MR) is 82.3 cm³/mol. The zero-order valence-electron chi connectivity index (χ0n) is 12.3. The molecule has 20 heavy (non-hydrogen) atoms. The highest BCUT2D eigenvalue weighted by molar-refractivity contribution is 5.81. The van der Waals surface area contributed by atoms with Crippen LogP contribution in [0.3, 0.4) is 0 Å². The number of carbonyl (C=O) groups is 1. The summed E-state index contributed by atoms with van der Waals surface area (Å²) in [6.07, 6.45) is 5.65. The first-order valence-corrected chi connectivity index (χ1v) is 7.72. The Morgan fingerprint density at radius 1 is 1.25 bits per heavy atom. The molecule has 1 aliphatic carbocycles. The second kappa shape index (κ2) is 7.44. The zero-order valence-corrected chi connectivity index (χ0v) is 12.3. The summed E-state index contributed by atoms with van der Waals surface area (Å²) in [6.45, 7) is 3.10. The maximum atomic E-state index is 12.0. The minimum atomic E-state index is -0.445. The summed E-state index contributed by atoms with van der Waals surface area (Å²) in [5, 5.41) is 3.02. The summed E-state index contributed by atoms with van der Waals surface area (Å²) in [4.78, 5) is 12.0. The molecule has 0 aliphatic heterocycles. The molecule has 1 aromatic carbocycles. The SMILES string of the molecule is CC1CCC(CNC(=O)[C@@H](N)Cc2ccccc2)CC1. The average Bonchev–Trinajstić information content (AvgIpc) is 2.47. The number of nitrogens with one attached hydrogen (secondary N) is 1. The molecule has 2 rings (SSSR count). The van der Waals surface area contributed by atoms with Gasteiger partial charge >= 0.3 is 0 Å². The van der Waals surface area contributed by atoms with E-state index >= 15 is 0 Å². The smallest absolute Gasteiger partial charge is 0.237 e. The van der Waals surface area contributed by atoms with Gasteiger partial charge in [-0.3, -0.25) is 4.79 Å². The second-order valence-corrected chi connectivity index (χ2v) is 6.17. The quantitative estimate of drug-likeness (QED) is 0.866. The van der Waals surface area contributed by atoms with Gasteiger partial charge < -0.3 is 11.1 Å². The number of hydrogen-bond acceptors (Lipinski definition) is 2. The summed E-state index contributed by atoms with van der Waals surface area (Å²) in [6, 6.07) is 9.50. The van der Waals surface area contributed by atoms with Crippen LogP contribution >= 0.6 is 0 Å². The molecule has 1 saturated carbocycles. The Kier molecular flexibility index (Phi) is 5.60. The lowest BCUT2D eigenvalue weighted by atomic mass is 9.83. The van der Waals surface area contributed by atoms with E-state index in [2.05, 4.69) is 12.2 Å². The number of hydrogen-bond donors (Lipinski definition) is 2. The van der Waals surface area contributed by atoms with E-state index in [1.165, 1.54) is 25.7 Å². The lowest BCUT2D eigenvalue weighted by molar-refractivity contribution is -0.122. The van der Waals surface area contributed by atoms with Crippen molar-refractivity contribution in [2.24, 2.45) is 17.6 Å². The maximum absolute atomic E-state index is 12.0. The first-order chi connectivity index (χ1) is 9.65. The summed E-state index contributed by atoms with van der Waals surface area (Å²) in [5.74, 6) is 1.47. The van der Waals surface area contributed by atoms with Crippen molar-refractivity contribution >= 4 is 5.91 Å². The number of carbonyl (C=O) groups excluding carboxylic acids is 1. The first kappa shape index (κ1) is 15.0. The van der Waals surface area contributed by atoms with Crippen LogP contribution in [0.15, 0.2) is 30.3 Å². The van der Waals surface area contributed by atoms with Gasteiger partial charge in [-0.25, -0.2) is 0 Å². The highest BCUT2D eigenvalue weighted by Gasteiger charge is 2.20. The van der Waals surface area contributed by atoms with Crippen LogP contribution in [-0.4, -0.2) is 18.5 Å². The normalized spacial score (nSPS) is 24.1. The molecule has 0 saturated heterocycles. The number of rotatable bonds is 5. The Hall–Kier alpha value is -1.35. The van der Waals surface area contributed by atoms with Gasteiger partial charge in [0.05, 0.1) is 6.04 Å². The average molecular weight is 274 g/mol. The number of amides is 1. The third-order valence-electron chi connectivity index (χ3n) is 4.34. The molecule has 0 unspecified atom stereocenters. The van der Waals surface area contributed by atoms with Crippen molar-refractivity contribution in [2.45, 2.75) is 45.1 Å². The highest BCUT2D eigenvalue weighted by atomic mass is 16.2. The van der Waals surface area contributed by atoms with Gasteiger partial charge in [-0.05, 0) is 36.7 Å². The molecular weight excluding hydrogens is 248 g/mol. The van der Waals surface area contributed by atoms with Crippen LogP contribution in [0.25, 0.3) is 0 Å². The standard InChI is InChI=1S/C17H26N2O/c1-13-7-9-15(10-8-13)12-19-17(20)16(18)11-14-5-3-2-4-6-14/h2-6,13,15-16H,7-12,18H2,1H3,(H,19,20)/t13?,15?,16-/m0/s1. The van der Waals surface area contributed by atoms with Crippen LogP contribution in [0.5, 0.6) is 0 Å². The minimum Gasteiger partial charge on any atom is -0.354 e. The Labute approximate surface area is 121 Å². The van der Waals surface area contributed by atoms with Crippen molar-refractivity contribution in [3.05, 3.63) is 35.9 Å². The van der Waals surface area contributed by atoms with Crippen LogP contribution in [0, 0.1) is 11.8 Å². The molecule has 0 heterocycles. The van der Waals surface area contributed by atoms with Crippen LogP contribution in [0.1, 0.15) is 38.2 Å². The van der Waals surface area contributed by atoms with Crippen molar-refractivity contribution in [3.63, 3.8) is 0 Å². The fourth-order valence-electron chi connectivity index (χ4n) is 2.87. The molecular formula is C17H26N2O. The van der Waals surface area contributed by atoms with Gasteiger partial charge in [-0.15, -0.1) is 0 Å². The maximum Gasteiger partial charge on any atom is 0.237 e. The third-order valence-corrected chi connectivity index (χ3v) is 4.34. The minimum absolute atomic E-state index is 0.0209. The number of nitrogens with two attached hydrogens (primary N) is 1.